The first kappa shape index (κ1) is 11.4. The first-order valence-corrected chi connectivity index (χ1v) is 8.02. The molecule has 2 fully saturated rings. The van der Waals surface area contributed by atoms with Crippen molar-refractivity contribution in [2.24, 2.45) is 10.3 Å². The third-order valence-electron chi connectivity index (χ3n) is 4.33. The van der Waals surface area contributed by atoms with E-state index in [0.717, 1.165) is 31.6 Å². The normalized spacial score (nSPS) is 31.2. The van der Waals surface area contributed by atoms with Crippen LogP contribution in [0.1, 0.15) is 12.0 Å². The zero-order valence-corrected chi connectivity index (χ0v) is 11.2. The second-order valence-corrected chi connectivity index (χ2v) is 6.93. The fourth-order valence-corrected chi connectivity index (χ4v) is 4.62. The maximum atomic E-state index is 12.1. The van der Waals surface area contributed by atoms with Crippen LogP contribution in [0, 0.1) is 5.92 Å². The van der Waals surface area contributed by atoms with Crippen molar-refractivity contribution in [1.29, 1.82) is 0 Å². The van der Waals surface area contributed by atoms with Crippen molar-refractivity contribution in [2.45, 2.75) is 17.4 Å². The predicted molar refractivity (Wildman–Crippen MR) is 71.6 cm³/mol. The molecule has 100 valence electrons. The first-order valence-electron chi connectivity index (χ1n) is 6.58. The Labute approximate surface area is 112 Å². The molecule has 19 heavy (non-hydrogen) atoms. The van der Waals surface area contributed by atoms with Gasteiger partial charge < -0.3 is 10.2 Å². The van der Waals surface area contributed by atoms with Crippen LogP contribution in [0.5, 0.6) is 0 Å². The maximum Gasteiger partial charge on any atom is 0.285 e. The van der Waals surface area contributed by atoms with Gasteiger partial charge in [0.1, 0.15) is 4.90 Å². The number of sulfonamides is 1. The molecule has 0 saturated carbocycles. The van der Waals surface area contributed by atoms with E-state index >= 15 is 0 Å². The quantitative estimate of drug-likeness (QED) is 0.747. The lowest BCUT2D eigenvalue weighted by molar-refractivity contribution is 0.384. The molecule has 0 bridgehead atoms. The number of benzene rings is 1. The van der Waals surface area contributed by atoms with E-state index in [1.165, 1.54) is 0 Å². The fraction of sp³-hybridized carbons (Fsp3) is 0.462. The van der Waals surface area contributed by atoms with Crippen molar-refractivity contribution in [3.05, 3.63) is 29.8 Å². The molecule has 0 aliphatic carbocycles. The lowest BCUT2D eigenvalue weighted by Gasteiger charge is -2.25. The van der Waals surface area contributed by atoms with Crippen LogP contribution in [0.15, 0.2) is 33.6 Å². The zero-order valence-electron chi connectivity index (χ0n) is 10.4. The van der Waals surface area contributed by atoms with Crippen LogP contribution < -0.4 is 5.32 Å². The Balaban J connectivity index is 1.81. The number of likely N-dealkylation sites (tertiary alicyclic amines) is 1. The maximum absolute atomic E-state index is 12.1. The Kier molecular flexibility index (Phi) is 2.29. The van der Waals surface area contributed by atoms with Gasteiger partial charge in [-0.1, -0.05) is 12.1 Å². The van der Waals surface area contributed by atoms with E-state index in [4.69, 9.17) is 0 Å². The Morgan fingerprint density at radius 1 is 1.26 bits per heavy atom. The van der Waals surface area contributed by atoms with E-state index in [1.807, 2.05) is 12.1 Å². The molecule has 0 aromatic heterocycles. The van der Waals surface area contributed by atoms with Gasteiger partial charge in [-0.25, -0.2) is 0 Å². The van der Waals surface area contributed by atoms with Crippen LogP contribution in [-0.2, 0) is 10.0 Å². The molecular weight excluding hydrogens is 262 g/mol. The van der Waals surface area contributed by atoms with Gasteiger partial charge >= 0.3 is 0 Å². The van der Waals surface area contributed by atoms with Gasteiger partial charge in [0.2, 0.25) is 0 Å². The number of amidine groups is 1. The van der Waals surface area contributed by atoms with Gasteiger partial charge in [0.15, 0.2) is 5.84 Å². The van der Waals surface area contributed by atoms with Crippen molar-refractivity contribution in [1.82, 2.24) is 10.2 Å². The van der Waals surface area contributed by atoms with Gasteiger partial charge in [-0.15, -0.1) is 4.40 Å². The average Bonchev–Trinajstić information content (AvgIpc) is 3.03. The topological polar surface area (TPSA) is 61.8 Å². The van der Waals surface area contributed by atoms with Crippen LogP contribution in [-0.4, -0.2) is 44.8 Å². The number of hydrogen-bond acceptors (Lipinski definition) is 4. The molecular formula is C13H15N3O2S. The minimum Gasteiger partial charge on any atom is -0.351 e. The highest BCUT2D eigenvalue weighted by Gasteiger charge is 2.42. The summed E-state index contributed by atoms with van der Waals surface area (Å²) in [4.78, 5) is 2.52. The highest BCUT2D eigenvalue weighted by atomic mass is 32.2. The third kappa shape index (κ3) is 1.56. The number of rotatable bonds is 0. The van der Waals surface area contributed by atoms with E-state index in [2.05, 4.69) is 14.6 Å². The Bertz CT molecular complexity index is 668. The lowest BCUT2D eigenvalue weighted by atomic mass is 10.0. The smallest absolute Gasteiger partial charge is 0.285 e. The largest absolute Gasteiger partial charge is 0.351 e. The molecule has 0 unspecified atom stereocenters. The van der Waals surface area contributed by atoms with Crippen LogP contribution in [0.3, 0.4) is 0 Å². The third-order valence-corrected chi connectivity index (χ3v) is 5.65. The van der Waals surface area contributed by atoms with E-state index < -0.39 is 10.0 Å². The molecule has 0 amide bonds. The molecule has 6 heteroatoms. The summed E-state index contributed by atoms with van der Waals surface area (Å²) in [6.07, 6.45) is 1.11. The highest BCUT2D eigenvalue weighted by molar-refractivity contribution is 7.90. The Hall–Kier alpha value is -1.40. The molecule has 5 nitrogen and oxygen atoms in total. The molecule has 1 aromatic carbocycles. The van der Waals surface area contributed by atoms with Crippen molar-refractivity contribution in [3.8, 4) is 0 Å². The summed E-state index contributed by atoms with van der Waals surface area (Å²) in [5, 5.41) is 3.38. The first-order chi connectivity index (χ1) is 9.17. The molecule has 1 aromatic rings. The molecule has 0 spiro atoms. The fourth-order valence-electron chi connectivity index (χ4n) is 3.41. The minimum atomic E-state index is -3.50. The summed E-state index contributed by atoms with van der Waals surface area (Å²) in [5.41, 5.74) is 0.759. The summed E-state index contributed by atoms with van der Waals surface area (Å²) in [7, 11) is -3.50. The van der Waals surface area contributed by atoms with Crippen molar-refractivity contribution >= 4 is 15.9 Å². The van der Waals surface area contributed by atoms with Crippen molar-refractivity contribution in [2.75, 3.05) is 19.6 Å². The van der Waals surface area contributed by atoms with Crippen molar-refractivity contribution < 1.29 is 8.42 Å². The molecule has 3 aliphatic rings. The molecule has 3 aliphatic heterocycles. The molecule has 0 radical (unpaired) electrons. The van der Waals surface area contributed by atoms with E-state index in [0.29, 0.717) is 22.7 Å². The molecule has 1 N–H and O–H groups in total. The van der Waals surface area contributed by atoms with E-state index in [9.17, 15) is 8.42 Å². The van der Waals surface area contributed by atoms with Gasteiger partial charge in [0.05, 0.1) is 0 Å². The second-order valence-electron chi connectivity index (χ2n) is 5.35. The predicted octanol–water partition coefficient (Wildman–Crippen LogP) is 0.429. The molecule has 2 atom stereocenters. The molecule has 2 saturated heterocycles. The molecule has 3 heterocycles. The van der Waals surface area contributed by atoms with E-state index in [-0.39, 0.29) is 0 Å². The number of nitrogens with one attached hydrogen (secondary N) is 1. The van der Waals surface area contributed by atoms with Crippen LogP contribution >= 0.6 is 0 Å². The van der Waals surface area contributed by atoms with E-state index in [1.54, 1.807) is 12.1 Å². The summed E-state index contributed by atoms with van der Waals surface area (Å²) in [6.45, 7) is 2.86. The van der Waals surface area contributed by atoms with Gasteiger partial charge in [0.25, 0.3) is 10.0 Å². The average molecular weight is 277 g/mol. The Morgan fingerprint density at radius 2 is 2.11 bits per heavy atom. The highest BCUT2D eigenvalue weighted by Crippen LogP contribution is 2.34. The zero-order chi connectivity index (χ0) is 13.0. The van der Waals surface area contributed by atoms with Gasteiger partial charge in [-0.3, -0.25) is 0 Å². The van der Waals surface area contributed by atoms with Crippen molar-refractivity contribution in [3.63, 3.8) is 0 Å². The summed E-state index contributed by atoms with van der Waals surface area (Å²) >= 11 is 0. The number of nitrogens with zero attached hydrogens (tertiary/aromatic N) is 2. The van der Waals surface area contributed by atoms with Gasteiger partial charge in [-0.2, -0.15) is 8.42 Å². The number of fused-ring (bicyclic) bond motifs is 2. The summed E-state index contributed by atoms with van der Waals surface area (Å²) < 4.78 is 28.2. The van der Waals surface area contributed by atoms with Crippen LogP contribution in [0.4, 0.5) is 0 Å². The summed E-state index contributed by atoms with van der Waals surface area (Å²) in [6, 6.07) is 7.50. The second kappa shape index (κ2) is 3.80. The number of hydrogen-bond donors (Lipinski definition) is 1. The van der Waals surface area contributed by atoms with Gasteiger partial charge in [0, 0.05) is 31.2 Å². The minimum absolute atomic E-state index is 0.347. The monoisotopic (exact) mass is 277 g/mol. The SMILES string of the molecule is O=S1(=O)N=C(N2CC[C@H]3CNC[C@H]32)c2ccccc21. The van der Waals surface area contributed by atoms with Gasteiger partial charge in [-0.05, 0) is 24.5 Å². The lowest BCUT2D eigenvalue weighted by Crippen LogP contribution is -2.39. The molecule has 4 rings (SSSR count). The standard InChI is InChI=1S/C13H15N3O2S/c17-19(18)12-4-2-1-3-10(12)13(15-19)16-6-5-9-7-14-8-11(9)16/h1-4,9,11,14H,5-8H2/t9-,11+/m0/s1. The van der Waals surface area contributed by atoms with Crippen LogP contribution in [0.25, 0.3) is 0 Å². The Morgan fingerprint density at radius 3 is 3.00 bits per heavy atom. The summed E-state index contributed by atoms with van der Waals surface area (Å²) in [5.74, 6) is 1.27. The van der Waals surface area contributed by atoms with Crippen LogP contribution in [0.2, 0.25) is 0 Å².